The van der Waals surface area contributed by atoms with Crippen LogP contribution in [0.5, 0.6) is 0 Å². The van der Waals surface area contributed by atoms with Crippen molar-refractivity contribution in [2.45, 2.75) is 22.9 Å². The summed E-state index contributed by atoms with van der Waals surface area (Å²) >= 11 is 0. The van der Waals surface area contributed by atoms with E-state index in [9.17, 15) is 30.0 Å². The number of hydrogen-bond acceptors (Lipinski definition) is 4. The molecule has 4 rings (SSSR count). The van der Waals surface area contributed by atoms with Gasteiger partial charge < -0.3 is 4.57 Å². The maximum absolute atomic E-state index is 12.7. The Morgan fingerprint density at radius 1 is 0.722 bits per heavy atom. The van der Waals surface area contributed by atoms with Crippen molar-refractivity contribution in [2.75, 3.05) is 4.72 Å². The van der Waals surface area contributed by atoms with Gasteiger partial charge >= 0.3 is 6.18 Å². The molecule has 1 heterocycles. The van der Waals surface area contributed by atoms with E-state index in [4.69, 9.17) is 5.14 Å². The SMILES string of the molecule is Cc1ccc(NS(=O)(=O)c2ccccc2)n1-c1ccc(C(F)(F)F)cc1.NS(=O)(=O)c1ccccc1. The third kappa shape index (κ3) is 6.74. The van der Waals surface area contributed by atoms with Crippen molar-refractivity contribution in [3.63, 3.8) is 0 Å². The average Bonchev–Trinajstić information content (AvgIpc) is 3.18. The number of halogens is 3. The van der Waals surface area contributed by atoms with Gasteiger partial charge in [-0.25, -0.2) is 22.0 Å². The van der Waals surface area contributed by atoms with Crippen LogP contribution >= 0.6 is 0 Å². The molecule has 0 amide bonds. The third-order valence-corrected chi connectivity index (χ3v) is 7.19. The zero-order valence-electron chi connectivity index (χ0n) is 18.8. The molecule has 1 aromatic heterocycles. The molecule has 0 aliphatic rings. The molecule has 0 unspecified atom stereocenters. The Morgan fingerprint density at radius 3 is 1.67 bits per heavy atom. The van der Waals surface area contributed by atoms with Crippen LogP contribution in [0.15, 0.2) is 107 Å². The first-order valence-corrected chi connectivity index (χ1v) is 13.3. The number of nitrogens with zero attached hydrogens (tertiary/aromatic N) is 1. The van der Waals surface area contributed by atoms with Crippen LogP contribution in [0.25, 0.3) is 5.69 Å². The molecule has 4 aromatic rings. The van der Waals surface area contributed by atoms with Gasteiger partial charge in [0.2, 0.25) is 10.0 Å². The summed E-state index contributed by atoms with van der Waals surface area (Å²) < 4.78 is 88.5. The van der Waals surface area contributed by atoms with Gasteiger partial charge in [0.05, 0.1) is 15.4 Å². The van der Waals surface area contributed by atoms with Gasteiger partial charge in [0.15, 0.2) is 0 Å². The molecule has 0 atom stereocenters. The van der Waals surface area contributed by atoms with E-state index in [1.807, 2.05) is 0 Å². The number of alkyl halides is 3. The Balaban J connectivity index is 0.000000303. The molecule has 36 heavy (non-hydrogen) atoms. The van der Waals surface area contributed by atoms with Gasteiger partial charge in [-0.2, -0.15) is 13.2 Å². The molecule has 0 fully saturated rings. The smallest absolute Gasteiger partial charge is 0.300 e. The van der Waals surface area contributed by atoms with E-state index in [0.717, 1.165) is 12.1 Å². The lowest BCUT2D eigenvalue weighted by Crippen LogP contribution is -2.16. The van der Waals surface area contributed by atoms with E-state index in [1.165, 1.54) is 36.4 Å². The monoisotopic (exact) mass is 537 g/mol. The molecule has 12 heteroatoms. The van der Waals surface area contributed by atoms with Crippen molar-refractivity contribution in [2.24, 2.45) is 5.14 Å². The molecule has 190 valence electrons. The number of nitrogens with one attached hydrogen (secondary N) is 1. The number of aromatic nitrogens is 1. The molecule has 0 radical (unpaired) electrons. The normalized spacial score (nSPS) is 11.9. The first kappa shape index (κ1) is 27.0. The maximum Gasteiger partial charge on any atom is 0.416 e. The number of rotatable bonds is 5. The molecule has 3 aromatic carbocycles. The lowest BCUT2D eigenvalue weighted by molar-refractivity contribution is -0.137. The lowest BCUT2D eigenvalue weighted by atomic mass is 10.2. The summed E-state index contributed by atoms with van der Waals surface area (Å²) in [5, 5.41) is 4.83. The molecule has 0 aliphatic heterocycles. The second kappa shape index (κ2) is 10.6. The van der Waals surface area contributed by atoms with Crippen molar-refractivity contribution in [1.29, 1.82) is 0 Å². The topological polar surface area (TPSA) is 111 Å². The molecule has 3 N–H and O–H groups in total. The fraction of sp³-hybridized carbons (Fsp3) is 0.0833. The van der Waals surface area contributed by atoms with E-state index >= 15 is 0 Å². The summed E-state index contributed by atoms with van der Waals surface area (Å²) in [5.74, 6) is 0.242. The second-order valence-electron chi connectivity index (χ2n) is 7.52. The highest BCUT2D eigenvalue weighted by Gasteiger charge is 2.30. The molecule has 0 saturated carbocycles. The van der Waals surface area contributed by atoms with Crippen molar-refractivity contribution >= 4 is 25.9 Å². The average molecular weight is 538 g/mol. The number of nitrogens with two attached hydrogens (primary N) is 1. The highest BCUT2D eigenvalue weighted by Crippen LogP contribution is 2.31. The van der Waals surface area contributed by atoms with Crippen LogP contribution in [-0.4, -0.2) is 21.4 Å². The Kier molecular flexibility index (Phi) is 7.92. The van der Waals surface area contributed by atoms with Crippen LogP contribution in [0, 0.1) is 6.92 Å². The first-order chi connectivity index (χ1) is 16.8. The molecule has 0 aliphatic carbocycles. The van der Waals surface area contributed by atoms with Gasteiger partial charge in [-0.05, 0) is 67.6 Å². The zero-order valence-corrected chi connectivity index (χ0v) is 20.5. The summed E-state index contributed by atoms with van der Waals surface area (Å²) in [7, 11) is -7.32. The number of sulfonamides is 2. The Bertz CT molecular complexity index is 1520. The molecular weight excluding hydrogens is 515 g/mol. The zero-order chi connectivity index (χ0) is 26.6. The number of primary sulfonamides is 1. The van der Waals surface area contributed by atoms with Gasteiger partial charge in [0.1, 0.15) is 5.82 Å². The second-order valence-corrected chi connectivity index (χ2v) is 10.8. The largest absolute Gasteiger partial charge is 0.416 e. The van der Waals surface area contributed by atoms with Gasteiger partial charge in [0.25, 0.3) is 10.0 Å². The van der Waals surface area contributed by atoms with Crippen LogP contribution < -0.4 is 9.86 Å². The van der Waals surface area contributed by atoms with Crippen molar-refractivity contribution in [3.8, 4) is 5.69 Å². The van der Waals surface area contributed by atoms with Crippen LogP contribution in [-0.2, 0) is 26.2 Å². The van der Waals surface area contributed by atoms with Crippen molar-refractivity contribution in [1.82, 2.24) is 4.57 Å². The first-order valence-electron chi connectivity index (χ1n) is 10.3. The number of hydrogen-bond donors (Lipinski definition) is 2. The Labute approximate surface area is 207 Å². The maximum atomic E-state index is 12.7. The predicted octanol–water partition coefficient (Wildman–Crippen LogP) is 4.94. The molecule has 0 saturated heterocycles. The molecule has 0 spiro atoms. The third-order valence-electron chi connectivity index (χ3n) is 4.89. The number of benzene rings is 3. The predicted molar refractivity (Wildman–Crippen MR) is 131 cm³/mol. The highest BCUT2D eigenvalue weighted by molar-refractivity contribution is 7.92. The quantitative estimate of drug-likeness (QED) is 0.376. The van der Waals surface area contributed by atoms with Crippen LogP contribution in [0.4, 0.5) is 19.0 Å². The number of aryl methyl sites for hydroxylation is 1. The van der Waals surface area contributed by atoms with Gasteiger partial charge in [-0.3, -0.25) is 4.72 Å². The summed E-state index contributed by atoms with van der Waals surface area (Å²) in [6.07, 6.45) is -4.43. The van der Waals surface area contributed by atoms with Gasteiger partial charge in [-0.1, -0.05) is 36.4 Å². The van der Waals surface area contributed by atoms with Crippen molar-refractivity contribution in [3.05, 3.63) is 108 Å². The summed E-state index contributed by atoms with van der Waals surface area (Å²) in [6, 6.07) is 23.5. The Morgan fingerprint density at radius 2 is 1.22 bits per heavy atom. The lowest BCUT2D eigenvalue weighted by Gasteiger charge is -2.15. The summed E-state index contributed by atoms with van der Waals surface area (Å²) in [4.78, 5) is 0.243. The minimum absolute atomic E-state index is 0.0952. The van der Waals surface area contributed by atoms with Crippen molar-refractivity contribution < 1.29 is 30.0 Å². The minimum Gasteiger partial charge on any atom is -0.300 e. The van der Waals surface area contributed by atoms with E-state index in [1.54, 1.807) is 60.0 Å². The summed E-state index contributed by atoms with van der Waals surface area (Å²) in [6.45, 7) is 1.73. The molecular formula is C24H22F3N3O4S2. The molecule has 7 nitrogen and oxygen atoms in total. The fourth-order valence-corrected chi connectivity index (χ4v) is 4.77. The van der Waals surface area contributed by atoms with E-state index in [-0.39, 0.29) is 15.6 Å². The van der Waals surface area contributed by atoms with E-state index in [2.05, 4.69) is 4.72 Å². The van der Waals surface area contributed by atoms with Crippen LogP contribution in [0.2, 0.25) is 0 Å². The van der Waals surface area contributed by atoms with E-state index < -0.39 is 31.8 Å². The van der Waals surface area contributed by atoms with Crippen LogP contribution in [0.1, 0.15) is 11.3 Å². The number of anilines is 1. The fourth-order valence-electron chi connectivity index (χ4n) is 3.17. The van der Waals surface area contributed by atoms with Gasteiger partial charge in [-0.15, -0.1) is 0 Å². The molecule has 0 bridgehead atoms. The standard InChI is InChI=1S/C18H15F3N2O2S.C6H7NO2S/c1-13-7-12-17(22-26(24,25)16-5-3-2-4-6-16)23(13)15-10-8-14(9-11-15)18(19,20)21;7-10(8,9)6-4-2-1-3-5-6/h2-12,22H,1H3;1-5H,(H2,7,8,9). The van der Waals surface area contributed by atoms with E-state index in [0.29, 0.717) is 11.4 Å². The van der Waals surface area contributed by atoms with Crippen LogP contribution in [0.3, 0.4) is 0 Å². The van der Waals surface area contributed by atoms with Gasteiger partial charge in [0, 0.05) is 11.4 Å². The minimum atomic E-state index is -4.43. The Hall–Kier alpha value is -3.61. The highest BCUT2D eigenvalue weighted by atomic mass is 32.2. The summed E-state index contributed by atoms with van der Waals surface area (Å²) in [5.41, 5.74) is 0.333.